The Hall–Kier alpha value is -2.66. The van der Waals surface area contributed by atoms with E-state index in [-0.39, 0.29) is 17.9 Å². The van der Waals surface area contributed by atoms with Crippen molar-refractivity contribution >= 4 is 11.8 Å². The average molecular weight is 406 g/mol. The fraction of sp³-hybridized carbons (Fsp3) is 0.440. The van der Waals surface area contributed by atoms with Crippen molar-refractivity contribution in [2.24, 2.45) is 0 Å². The second-order valence-corrected chi connectivity index (χ2v) is 8.43. The summed E-state index contributed by atoms with van der Waals surface area (Å²) in [5.74, 6) is 0.0931. The molecular formula is C25H31N3O2. The Morgan fingerprint density at radius 3 is 2.67 bits per heavy atom. The van der Waals surface area contributed by atoms with E-state index in [1.165, 1.54) is 5.56 Å². The first-order chi connectivity index (χ1) is 14.7. The van der Waals surface area contributed by atoms with Gasteiger partial charge in [-0.3, -0.25) is 9.59 Å². The second-order valence-electron chi connectivity index (χ2n) is 8.43. The highest BCUT2D eigenvalue weighted by atomic mass is 16.2. The van der Waals surface area contributed by atoms with E-state index >= 15 is 0 Å². The zero-order valence-electron chi connectivity index (χ0n) is 17.6. The monoisotopic (exact) mass is 405 g/mol. The number of nitrogens with one attached hydrogen (secondary N) is 1. The molecule has 2 heterocycles. The van der Waals surface area contributed by atoms with Gasteiger partial charge in [-0.1, -0.05) is 48.5 Å². The first-order valence-electron chi connectivity index (χ1n) is 11.1. The summed E-state index contributed by atoms with van der Waals surface area (Å²) in [6, 6.07) is 18.5. The van der Waals surface area contributed by atoms with Crippen molar-refractivity contribution in [1.82, 2.24) is 15.1 Å². The number of amides is 2. The number of benzene rings is 2. The van der Waals surface area contributed by atoms with Crippen LogP contribution in [0, 0.1) is 0 Å². The third kappa shape index (κ3) is 5.28. The molecule has 2 amide bonds. The standard InChI is InChI=1S/C25H31N3O2/c29-24(14-17-28-18-21-11-4-5-13-23(21)25(28)30)26-22-12-7-16-27(19-22)15-6-10-20-8-2-1-3-9-20/h1-5,8-9,11,13,22H,6-7,10,12,14-19H2,(H,26,29)/t22-/m0/s1. The van der Waals surface area contributed by atoms with E-state index in [1.807, 2.05) is 24.3 Å². The summed E-state index contributed by atoms with van der Waals surface area (Å²) in [6.07, 6.45) is 4.76. The smallest absolute Gasteiger partial charge is 0.254 e. The zero-order chi connectivity index (χ0) is 20.8. The van der Waals surface area contributed by atoms with Gasteiger partial charge in [-0.05, 0) is 56.0 Å². The predicted octanol–water partition coefficient (Wildman–Crippen LogP) is 3.25. The van der Waals surface area contributed by atoms with E-state index in [4.69, 9.17) is 0 Å². The van der Waals surface area contributed by atoms with E-state index in [0.717, 1.165) is 56.4 Å². The van der Waals surface area contributed by atoms with E-state index in [0.29, 0.717) is 19.5 Å². The fourth-order valence-electron chi connectivity index (χ4n) is 4.56. The minimum Gasteiger partial charge on any atom is -0.352 e. The van der Waals surface area contributed by atoms with Crippen LogP contribution in [0.2, 0.25) is 0 Å². The van der Waals surface area contributed by atoms with Gasteiger partial charge in [0.15, 0.2) is 0 Å². The van der Waals surface area contributed by atoms with Crippen LogP contribution in [-0.4, -0.2) is 53.8 Å². The van der Waals surface area contributed by atoms with Gasteiger partial charge in [-0.15, -0.1) is 0 Å². The van der Waals surface area contributed by atoms with Crippen LogP contribution in [0.5, 0.6) is 0 Å². The van der Waals surface area contributed by atoms with Crippen molar-refractivity contribution in [3.63, 3.8) is 0 Å². The lowest BCUT2D eigenvalue weighted by atomic mass is 10.0. The Bertz CT molecular complexity index is 868. The maximum Gasteiger partial charge on any atom is 0.254 e. The lowest BCUT2D eigenvalue weighted by Crippen LogP contribution is -2.48. The molecular weight excluding hydrogens is 374 g/mol. The number of carbonyl (C=O) groups is 2. The van der Waals surface area contributed by atoms with Gasteiger partial charge in [0.1, 0.15) is 0 Å². The Morgan fingerprint density at radius 1 is 1.03 bits per heavy atom. The highest BCUT2D eigenvalue weighted by molar-refractivity contribution is 5.98. The van der Waals surface area contributed by atoms with Crippen molar-refractivity contribution in [2.75, 3.05) is 26.2 Å². The molecule has 1 atom stereocenters. The lowest BCUT2D eigenvalue weighted by Gasteiger charge is -2.33. The molecule has 5 heteroatoms. The Morgan fingerprint density at radius 2 is 1.83 bits per heavy atom. The molecule has 4 rings (SSSR count). The van der Waals surface area contributed by atoms with Crippen molar-refractivity contribution in [3.8, 4) is 0 Å². The summed E-state index contributed by atoms with van der Waals surface area (Å²) in [7, 11) is 0. The third-order valence-electron chi connectivity index (χ3n) is 6.16. The Labute approximate surface area is 179 Å². The number of likely N-dealkylation sites (tertiary alicyclic amines) is 1. The molecule has 0 aliphatic carbocycles. The van der Waals surface area contributed by atoms with Gasteiger partial charge in [-0.25, -0.2) is 0 Å². The van der Waals surface area contributed by atoms with Gasteiger partial charge in [0.25, 0.3) is 5.91 Å². The molecule has 0 unspecified atom stereocenters. The normalized spacial score (nSPS) is 19.0. The van der Waals surface area contributed by atoms with Gasteiger partial charge >= 0.3 is 0 Å². The van der Waals surface area contributed by atoms with Crippen LogP contribution in [-0.2, 0) is 17.8 Å². The molecule has 0 spiro atoms. The van der Waals surface area contributed by atoms with Gasteiger partial charge in [0, 0.05) is 37.7 Å². The molecule has 0 saturated carbocycles. The van der Waals surface area contributed by atoms with Gasteiger partial charge in [0.2, 0.25) is 5.91 Å². The van der Waals surface area contributed by atoms with Crippen molar-refractivity contribution in [3.05, 3.63) is 71.3 Å². The highest BCUT2D eigenvalue weighted by Gasteiger charge is 2.27. The minimum absolute atomic E-state index is 0.0423. The molecule has 2 aromatic carbocycles. The minimum atomic E-state index is 0.0423. The van der Waals surface area contributed by atoms with E-state index in [9.17, 15) is 9.59 Å². The molecule has 2 aromatic rings. The summed E-state index contributed by atoms with van der Waals surface area (Å²) in [6.45, 7) is 4.20. The number of piperidine rings is 1. The van der Waals surface area contributed by atoms with E-state index in [2.05, 4.69) is 40.5 Å². The highest BCUT2D eigenvalue weighted by Crippen LogP contribution is 2.22. The molecule has 158 valence electrons. The Balaban J connectivity index is 1.17. The van der Waals surface area contributed by atoms with Crippen molar-refractivity contribution < 1.29 is 9.59 Å². The van der Waals surface area contributed by atoms with Crippen LogP contribution in [0.1, 0.15) is 47.2 Å². The van der Waals surface area contributed by atoms with Crippen molar-refractivity contribution in [2.45, 2.75) is 44.7 Å². The summed E-state index contributed by atoms with van der Waals surface area (Å²) >= 11 is 0. The fourth-order valence-corrected chi connectivity index (χ4v) is 4.56. The summed E-state index contributed by atoms with van der Waals surface area (Å²) in [5.41, 5.74) is 3.22. The average Bonchev–Trinajstić information content (AvgIpc) is 3.09. The molecule has 0 radical (unpaired) electrons. The molecule has 5 nitrogen and oxygen atoms in total. The van der Waals surface area contributed by atoms with Crippen LogP contribution >= 0.6 is 0 Å². The van der Waals surface area contributed by atoms with Crippen molar-refractivity contribution in [1.29, 1.82) is 0 Å². The number of aryl methyl sites for hydroxylation is 1. The molecule has 2 aliphatic heterocycles. The van der Waals surface area contributed by atoms with Crippen LogP contribution in [0.15, 0.2) is 54.6 Å². The van der Waals surface area contributed by atoms with E-state index in [1.54, 1.807) is 4.90 Å². The number of carbonyl (C=O) groups excluding carboxylic acids is 2. The number of hydrogen-bond donors (Lipinski definition) is 1. The predicted molar refractivity (Wildman–Crippen MR) is 118 cm³/mol. The Kier molecular flexibility index (Phi) is 6.80. The number of fused-ring (bicyclic) bond motifs is 1. The van der Waals surface area contributed by atoms with Gasteiger partial charge in [0.05, 0.1) is 0 Å². The van der Waals surface area contributed by atoms with Gasteiger partial charge in [-0.2, -0.15) is 0 Å². The molecule has 0 bridgehead atoms. The maximum absolute atomic E-state index is 12.5. The molecule has 30 heavy (non-hydrogen) atoms. The summed E-state index contributed by atoms with van der Waals surface area (Å²) in [5, 5.41) is 3.20. The largest absolute Gasteiger partial charge is 0.352 e. The second kappa shape index (κ2) is 9.90. The summed E-state index contributed by atoms with van der Waals surface area (Å²) < 4.78 is 0. The quantitative estimate of drug-likeness (QED) is 0.734. The van der Waals surface area contributed by atoms with Crippen LogP contribution in [0.25, 0.3) is 0 Å². The zero-order valence-corrected chi connectivity index (χ0v) is 17.6. The number of nitrogens with zero attached hydrogens (tertiary/aromatic N) is 2. The molecule has 1 saturated heterocycles. The maximum atomic E-state index is 12.5. The molecule has 1 N–H and O–H groups in total. The molecule has 2 aliphatic rings. The van der Waals surface area contributed by atoms with Crippen LogP contribution < -0.4 is 5.32 Å². The number of hydrogen-bond acceptors (Lipinski definition) is 3. The molecule has 1 fully saturated rings. The third-order valence-corrected chi connectivity index (χ3v) is 6.16. The SMILES string of the molecule is O=C(CCN1Cc2ccccc2C1=O)N[C@H]1CCCN(CCCc2ccccc2)C1. The lowest BCUT2D eigenvalue weighted by molar-refractivity contribution is -0.122. The number of rotatable bonds is 8. The summed E-state index contributed by atoms with van der Waals surface area (Å²) in [4.78, 5) is 29.2. The van der Waals surface area contributed by atoms with E-state index < -0.39 is 0 Å². The first-order valence-corrected chi connectivity index (χ1v) is 11.1. The molecule has 0 aromatic heterocycles. The first kappa shape index (κ1) is 20.6. The van der Waals surface area contributed by atoms with Gasteiger partial charge < -0.3 is 15.1 Å². The van der Waals surface area contributed by atoms with Crippen LogP contribution in [0.3, 0.4) is 0 Å². The topological polar surface area (TPSA) is 52.7 Å². The van der Waals surface area contributed by atoms with Crippen LogP contribution in [0.4, 0.5) is 0 Å².